The first-order valence-corrected chi connectivity index (χ1v) is 9.38. The van der Waals surface area contributed by atoms with E-state index in [2.05, 4.69) is 29.1 Å². The van der Waals surface area contributed by atoms with Gasteiger partial charge >= 0.3 is 0 Å². The van der Waals surface area contributed by atoms with E-state index >= 15 is 0 Å². The number of halogens is 1. The molecule has 2 heterocycles. The molecule has 0 saturated carbocycles. The van der Waals surface area contributed by atoms with Crippen molar-refractivity contribution in [2.24, 2.45) is 0 Å². The average Bonchev–Trinajstić information content (AvgIpc) is 2.77. The maximum atomic E-state index is 12.7. The maximum Gasteiger partial charge on any atom is 0.267 e. The molecule has 2 aromatic rings. The van der Waals surface area contributed by atoms with Crippen LogP contribution in [0.2, 0.25) is 0 Å². The van der Waals surface area contributed by atoms with Crippen molar-refractivity contribution in [1.29, 1.82) is 0 Å². The molecule has 1 aliphatic rings. The van der Waals surface area contributed by atoms with Crippen LogP contribution in [-0.2, 0) is 9.59 Å². The van der Waals surface area contributed by atoms with Crippen LogP contribution in [0.3, 0.4) is 0 Å². The molecule has 0 radical (unpaired) electrons. The molecule has 158 valence electrons. The molecule has 2 amide bonds. The Morgan fingerprint density at radius 2 is 1.70 bits per heavy atom. The highest BCUT2D eigenvalue weighted by Gasteiger charge is 2.27. The lowest BCUT2D eigenvalue weighted by Gasteiger charge is -2.39. The first-order chi connectivity index (χ1) is 14.1. The number of nitrogens with one attached hydrogen (secondary N) is 1. The van der Waals surface area contributed by atoms with E-state index in [-0.39, 0.29) is 24.4 Å². The SMILES string of the molecule is CN1CCN(C(=O)C=Cc2cccc(C=CC(=O)NO)n2)CC1c1ccccc1.Cl. The standard InChI is InChI=1S/C22H24N4O3.ClH/c1-25-14-15-26(16-20(25)17-6-3-2-4-7-17)22(28)13-11-19-9-5-8-18(23-19)10-12-21(27)24-29;/h2-13,20,29H,14-16H2,1H3,(H,24,27);1H. The molecule has 30 heavy (non-hydrogen) atoms. The first-order valence-electron chi connectivity index (χ1n) is 9.38. The van der Waals surface area contributed by atoms with Gasteiger partial charge in [-0.3, -0.25) is 19.7 Å². The Bertz CT molecular complexity index is 918. The molecule has 1 fully saturated rings. The average molecular weight is 429 g/mol. The Labute approximate surface area is 182 Å². The number of carbonyl (C=O) groups is 2. The second kappa shape index (κ2) is 11.3. The van der Waals surface area contributed by atoms with Crippen molar-refractivity contribution >= 4 is 36.4 Å². The summed E-state index contributed by atoms with van der Waals surface area (Å²) in [6, 6.07) is 15.7. The lowest BCUT2D eigenvalue weighted by atomic mass is 10.0. The van der Waals surface area contributed by atoms with Crippen LogP contribution in [0.1, 0.15) is 23.0 Å². The molecule has 0 aliphatic carbocycles. The number of likely N-dealkylation sites (N-methyl/N-ethyl adjacent to an activating group) is 1. The Morgan fingerprint density at radius 1 is 1.03 bits per heavy atom. The number of aromatic nitrogens is 1. The van der Waals surface area contributed by atoms with Gasteiger partial charge in [0.2, 0.25) is 5.91 Å². The van der Waals surface area contributed by atoms with Gasteiger partial charge in [0, 0.05) is 31.8 Å². The van der Waals surface area contributed by atoms with Crippen LogP contribution in [0.4, 0.5) is 0 Å². The van der Waals surface area contributed by atoms with Crippen molar-refractivity contribution in [3.63, 3.8) is 0 Å². The minimum atomic E-state index is -0.633. The van der Waals surface area contributed by atoms with Gasteiger partial charge in [-0.2, -0.15) is 0 Å². The zero-order valence-corrected chi connectivity index (χ0v) is 17.5. The van der Waals surface area contributed by atoms with Gasteiger partial charge in [-0.15, -0.1) is 12.4 Å². The summed E-state index contributed by atoms with van der Waals surface area (Å²) in [6.07, 6.45) is 5.86. The first kappa shape index (κ1) is 23.3. The van der Waals surface area contributed by atoms with E-state index in [4.69, 9.17) is 5.21 Å². The van der Waals surface area contributed by atoms with Crippen molar-refractivity contribution in [2.75, 3.05) is 26.7 Å². The fourth-order valence-electron chi connectivity index (χ4n) is 3.22. The van der Waals surface area contributed by atoms with E-state index < -0.39 is 5.91 Å². The monoisotopic (exact) mass is 428 g/mol. The van der Waals surface area contributed by atoms with Crippen LogP contribution >= 0.6 is 12.4 Å². The number of hydrogen-bond donors (Lipinski definition) is 2. The molecule has 1 atom stereocenters. The molecule has 1 aromatic heterocycles. The van der Waals surface area contributed by atoms with Gasteiger partial charge in [0.25, 0.3) is 5.91 Å². The van der Waals surface area contributed by atoms with Gasteiger partial charge < -0.3 is 4.90 Å². The predicted octanol–water partition coefficient (Wildman–Crippen LogP) is 2.55. The highest BCUT2D eigenvalue weighted by Crippen LogP contribution is 2.24. The van der Waals surface area contributed by atoms with Crippen LogP contribution < -0.4 is 5.48 Å². The lowest BCUT2D eigenvalue weighted by Crippen LogP contribution is -2.48. The smallest absolute Gasteiger partial charge is 0.267 e. The second-order valence-electron chi connectivity index (χ2n) is 6.82. The number of hydroxylamine groups is 1. The number of nitrogens with zero attached hydrogens (tertiary/aromatic N) is 3. The van der Waals surface area contributed by atoms with E-state index in [9.17, 15) is 9.59 Å². The number of carbonyl (C=O) groups excluding carboxylic acids is 2. The van der Waals surface area contributed by atoms with Gasteiger partial charge in [-0.1, -0.05) is 36.4 Å². The minimum absolute atomic E-state index is 0. The molecular weight excluding hydrogens is 404 g/mol. The quantitative estimate of drug-likeness (QED) is 0.434. The number of piperazine rings is 1. The van der Waals surface area contributed by atoms with Crippen molar-refractivity contribution in [1.82, 2.24) is 20.3 Å². The largest absolute Gasteiger partial charge is 0.336 e. The normalized spacial score (nSPS) is 17.1. The summed E-state index contributed by atoms with van der Waals surface area (Å²) in [5, 5.41) is 8.52. The molecule has 2 N–H and O–H groups in total. The summed E-state index contributed by atoms with van der Waals surface area (Å²) in [7, 11) is 2.08. The zero-order valence-electron chi connectivity index (χ0n) is 16.6. The Balaban J connectivity index is 0.00000320. The van der Waals surface area contributed by atoms with Gasteiger partial charge in [0.15, 0.2) is 0 Å². The molecule has 1 saturated heterocycles. The van der Waals surface area contributed by atoms with Crippen molar-refractivity contribution in [3.8, 4) is 0 Å². The van der Waals surface area contributed by atoms with Crippen LogP contribution in [0.15, 0.2) is 60.7 Å². The van der Waals surface area contributed by atoms with Gasteiger partial charge in [0.1, 0.15) is 0 Å². The molecule has 7 nitrogen and oxygen atoms in total. The molecule has 3 rings (SSSR count). The van der Waals surface area contributed by atoms with Crippen molar-refractivity contribution in [3.05, 3.63) is 77.6 Å². The topological polar surface area (TPSA) is 85.8 Å². The number of rotatable bonds is 5. The molecule has 1 unspecified atom stereocenters. The summed E-state index contributed by atoms with van der Waals surface area (Å²) >= 11 is 0. The van der Waals surface area contributed by atoms with Gasteiger partial charge in [-0.25, -0.2) is 10.5 Å². The van der Waals surface area contributed by atoms with E-state index in [1.807, 2.05) is 23.1 Å². The fourth-order valence-corrected chi connectivity index (χ4v) is 3.22. The molecule has 1 aromatic carbocycles. The van der Waals surface area contributed by atoms with E-state index in [0.29, 0.717) is 24.5 Å². The molecule has 0 bridgehead atoms. The molecular formula is C22H25ClN4O3. The zero-order chi connectivity index (χ0) is 20.6. The van der Waals surface area contributed by atoms with Crippen LogP contribution in [0.25, 0.3) is 12.2 Å². The minimum Gasteiger partial charge on any atom is -0.336 e. The summed E-state index contributed by atoms with van der Waals surface area (Å²) < 4.78 is 0. The number of benzene rings is 1. The fraction of sp³-hybridized carbons (Fsp3) is 0.227. The Kier molecular flexibility index (Phi) is 8.73. The number of amides is 2. The highest BCUT2D eigenvalue weighted by molar-refractivity contribution is 5.92. The number of pyridine rings is 1. The van der Waals surface area contributed by atoms with E-state index in [1.165, 1.54) is 29.3 Å². The lowest BCUT2D eigenvalue weighted by molar-refractivity contribution is -0.128. The third kappa shape index (κ3) is 6.25. The molecule has 8 heteroatoms. The van der Waals surface area contributed by atoms with Gasteiger partial charge in [0.05, 0.1) is 17.4 Å². The second-order valence-corrected chi connectivity index (χ2v) is 6.82. The third-order valence-electron chi connectivity index (χ3n) is 4.85. The third-order valence-corrected chi connectivity index (χ3v) is 4.85. The predicted molar refractivity (Wildman–Crippen MR) is 118 cm³/mol. The van der Waals surface area contributed by atoms with E-state index in [1.54, 1.807) is 24.3 Å². The molecule has 1 aliphatic heterocycles. The maximum absolute atomic E-state index is 12.7. The molecule has 0 spiro atoms. The Hall–Kier alpha value is -3.00. The van der Waals surface area contributed by atoms with Crippen LogP contribution in [0.5, 0.6) is 0 Å². The number of hydrogen-bond acceptors (Lipinski definition) is 5. The van der Waals surface area contributed by atoms with Crippen molar-refractivity contribution < 1.29 is 14.8 Å². The van der Waals surface area contributed by atoms with Crippen LogP contribution in [0, 0.1) is 0 Å². The van der Waals surface area contributed by atoms with E-state index in [0.717, 1.165) is 6.54 Å². The highest BCUT2D eigenvalue weighted by atomic mass is 35.5. The summed E-state index contributed by atoms with van der Waals surface area (Å²) in [5.41, 5.74) is 3.88. The Morgan fingerprint density at radius 3 is 2.37 bits per heavy atom. The van der Waals surface area contributed by atoms with Gasteiger partial charge in [-0.05, 0) is 36.9 Å². The van der Waals surface area contributed by atoms with Crippen molar-refractivity contribution in [2.45, 2.75) is 6.04 Å². The van der Waals surface area contributed by atoms with Crippen LogP contribution in [-0.4, -0.2) is 58.5 Å². The summed E-state index contributed by atoms with van der Waals surface area (Å²) in [4.78, 5) is 32.2. The summed E-state index contributed by atoms with van der Waals surface area (Å²) in [6.45, 7) is 2.12. The summed E-state index contributed by atoms with van der Waals surface area (Å²) in [5.74, 6) is -0.688.